The Hall–Kier alpha value is -1.95. The van der Waals surface area contributed by atoms with Crippen LogP contribution in [0.25, 0.3) is 0 Å². The summed E-state index contributed by atoms with van der Waals surface area (Å²) in [5.41, 5.74) is 1.26. The molecule has 0 spiro atoms. The van der Waals surface area contributed by atoms with Crippen LogP contribution in [0.15, 0.2) is 48.3 Å². The molecule has 32 heavy (non-hydrogen) atoms. The molecule has 0 N–H and O–H groups in total. The maximum atomic E-state index is 13.0. The summed E-state index contributed by atoms with van der Waals surface area (Å²) in [6, 6.07) is 8.47. The fraction of sp³-hybridized carbons (Fsp3) is 0.621. The standard InChI is InChI=1S/C29H39F2N/c30-28-20-14-25(15-21-28)8-5-4-7-24-12-18-27(19-13-24)26-16-10-23(11-17-26)6-2-1-3-9-29(31)22-32/h1,3,9,14-15,20-21,23-24,26-27H,2,4-8,10-13,16-19H2. The number of halogens is 2. The van der Waals surface area contributed by atoms with Gasteiger partial charge in [0.2, 0.25) is 0 Å². The van der Waals surface area contributed by atoms with E-state index in [1.807, 2.05) is 18.2 Å². The van der Waals surface area contributed by atoms with Crippen LogP contribution in [0.3, 0.4) is 0 Å². The van der Waals surface area contributed by atoms with Crippen molar-refractivity contribution in [2.75, 3.05) is 0 Å². The molecule has 2 aliphatic rings. The molecule has 3 heteroatoms. The van der Waals surface area contributed by atoms with E-state index in [1.54, 1.807) is 18.2 Å². The Morgan fingerprint density at radius 1 is 0.875 bits per heavy atom. The lowest BCUT2D eigenvalue weighted by molar-refractivity contribution is 0.140. The van der Waals surface area contributed by atoms with Crippen molar-refractivity contribution in [1.29, 1.82) is 5.26 Å². The van der Waals surface area contributed by atoms with E-state index in [1.165, 1.54) is 94.8 Å². The van der Waals surface area contributed by atoms with Gasteiger partial charge in [-0.3, -0.25) is 0 Å². The van der Waals surface area contributed by atoms with Gasteiger partial charge in [0.1, 0.15) is 11.9 Å². The van der Waals surface area contributed by atoms with E-state index in [0.29, 0.717) is 0 Å². The summed E-state index contributed by atoms with van der Waals surface area (Å²) >= 11 is 0. The molecule has 3 rings (SSSR count). The van der Waals surface area contributed by atoms with Crippen LogP contribution in [0.5, 0.6) is 0 Å². The normalized spacial score (nSPS) is 26.8. The van der Waals surface area contributed by atoms with Crippen LogP contribution in [0.1, 0.15) is 89.0 Å². The monoisotopic (exact) mass is 439 g/mol. The Balaban J connectivity index is 1.24. The van der Waals surface area contributed by atoms with Crippen LogP contribution in [0, 0.1) is 40.8 Å². The summed E-state index contributed by atoms with van der Waals surface area (Å²) in [6.07, 6.45) is 23.2. The highest BCUT2D eigenvalue weighted by molar-refractivity contribution is 5.18. The second-order valence-electron chi connectivity index (χ2n) is 10.1. The van der Waals surface area contributed by atoms with Gasteiger partial charge in [0.15, 0.2) is 5.83 Å². The van der Waals surface area contributed by atoms with Crippen molar-refractivity contribution in [3.05, 3.63) is 59.7 Å². The van der Waals surface area contributed by atoms with Gasteiger partial charge in [-0.1, -0.05) is 62.8 Å². The molecule has 0 aliphatic heterocycles. The van der Waals surface area contributed by atoms with E-state index < -0.39 is 5.83 Å². The molecule has 2 aliphatic carbocycles. The molecule has 1 nitrogen and oxygen atoms in total. The Morgan fingerprint density at radius 2 is 1.47 bits per heavy atom. The van der Waals surface area contributed by atoms with Crippen LogP contribution in [0.4, 0.5) is 8.78 Å². The highest BCUT2D eigenvalue weighted by Gasteiger charge is 2.30. The minimum Gasteiger partial charge on any atom is -0.207 e. The molecule has 0 saturated heterocycles. The molecular weight excluding hydrogens is 400 g/mol. The van der Waals surface area contributed by atoms with E-state index in [4.69, 9.17) is 5.26 Å². The third kappa shape index (κ3) is 8.53. The van der Waals surface area contributed by atoms with Crippen LogP contribution in [0.2, 0.25) is 0 Å². The molecule has 1 aromatic carbocycles. The lowest BCUT2D eigenvalue weighted by Gasteiger charge is -2.38. The number of benzene rings is 1. The van der Waals surface area contributed by atoms with E-state index in [0.717, 1.165) is 36.5 Å². The van der Waals surface area contributed by atoms with Crippen molar-refractivity contribution in [1.82, 2.24) is 0 Å². The highest BCUT2D eigenvalue weighted by atomic mass is 19.1. The lowest BCUT2D eigenvalue weighted by atomic mass is 9.68. The maximum absolute atomic E-state index is 13.0. The quantitative estimate of drug-likeness (QED) is 0.203. The second-order valence-corrected chi connectivity index (χ2v) is 10.1. The Bertz CT molecular complexity index is 757. The number of aryl methyl sites for hydroxylation is 1. The molecule has 0 amide bonds. The summed E-state index contributed by atoms with van der Waals surface area (Å²) in [4.78, 5) is 0. The third-order valence-corrected chi connectivity index (χ3v) is 7.92. The number of allylic oxidation sites excluding steroid dienone is 4. The lowest BCUT2D eigenvalue weighted by Crippen LogP contribution is -2.25. The van der Waals surface area contributed by atoms with Crippen molar-refractivity contribution in [2.24, 2.45) is 23.7 Å². The van der Waals surface area contributed by atoms with Gasteiger partial charge < -0.3 is 0 Å². The van der Waals surface area contributed by atoms with Gasteiger partial charge in [-0.05, 0) is 98.8 Å². The van der Waals surface area contributed by atoms with E-state index in [2.05, 4.69) is 0 Å². The first-order valence-electron chi connectivity index (χ1n) is 12.8. The minimum atomic E-state index is -0.721. The van der Waals surface area contributed by atoms with Crippen molar-refractivity contribution in [3.8, 4) is 6.07 Å². The third-order valence-electron chi connectivity index (χ3n) is 7.92. The summed E-state index contributed by atoms with van der Waals surface area (Å²) in [5, 5.41) is 8.40. The summed E-state index contributed by atoms with van der Waals surface area (Å²) in [5.74, 6) is 2.76. The minimum absolute atomic E-state index is 0.144. The smallest absolute Gasteiger partial charge is 0.199 e. The summed E-state index contributed by atoms with van der Waals surface area (Å²) in [7, 11) is 0. The first-order valence-corrected chi connectivity index (χ1v) is 12.8. The Morgan fingerprint density at radius 3 is 2.06 bits per heavy atom. The number of nitriles is 1. The molecular formula is C29H39F2N. The molecule has 0 radical (unpaired) electrons. The molecule has 2 fully saturated rings. The summed E-state index contributed by atoms with van der Waals surface area (Å²) in [6.45, 7) is 0. The van der Waals surface area contributed by atoms with Crippen LogP contribution in [-0.4, -0.2) is 0 Å². The molecule has 0 atom stereocenters. The number of hydrogen-bond acceptors (Lipinski definition) is 1. The molecule has 0 unspecified atom stereocenters. The SMILES string of the molecule is N#CC(F)=CC=CCCC1CCC(C2CCC(CCCCc3ccc(F)cc3)CC2)CC1. The largest absolute Gasteiger partial charge is 0.207 e. The predicted molar refractivity (Wildman–Crippen MR) is 128 cm³/mol. The van der Waals surface area contributed by atoms with Crippen molar-refractivity contribution in [2.45, 2.75) is 89.9 Å². The Kier molecular flexibility index (Phi) is 10.5. The highest BCUT2D eigenvalue weighted by Crippen LogP contribution is 2.43. The van der Waals surface area contributed by atoms with Gasteiger partial charge in [0.05, 0.1) is 0 Å². The maximum Gasteiger partial charge on any atom is 0.199 e. The molecule has 0 heterocycles. The second kappa shape index (κ2) is 13.6. The van der Waals surface area contributed by atoms with Crippen molar-refractivity contribution in [3.63, 3.8) is 0 Å². The number of hydrogen-bond donors (Lipinski definition) is 0. The Labute approximate surface area is 193 Å². The van der Waals surface area contributed by atoms with E-state index in [9.17, 15) is 8.78 Å². The molecule has 174 valence electrons. The number of nitrogens with zero attached hydrogens (tertiary/aromatic N) is 1. The molecule has 1 aromatic rings. The van der Waals surface area contributed by atoms with Crippen LogP contribution in [-0.2, 0) is 6.42 Å². The fourth-order valence-electron chi connectivity index (χ4n) is 5.93. The number of rotatable bonds is 10. The van der Waals surface area contributed by atoms with E-state index in [-0.39, 0.29) is 5.82 Å². The van der Waals surface area contributed by atoms with Gasteiger partial charge in [-0.25, -0.2) is 4.39 Å². The zero-order valence-corrected chi connectivity index (χ0v) is 19.5. The molecule has 0 bridgehead atoms. The van der Waals surface area contributed by atoms with Gasteiger partial charge >= 0.3 is 0 Å². The van der Waals surface area contributed by atoms with Crippen molar-refractivity contribution >= 4 is 0 Å². The topological polar surface area (TPSA) is 23.8 Å². The van der Waals surface area contributed by atoms with Crippen LogP contribution < -0.4 is 0 Å². The average molecular weight is 440 g/mol. The van der Waals surface area contributed by atoms with Gasteiger partial charge in [-0.2, -0.15) is 9.65 Å². The zero-order valence-electron chi connectivity index (χ0n) is 19.5. The number of unbranched alkanes of at least 4 members (excludes halogenated alkanes) is 1. The molecule has 2 saturated carbocycles. The van der Waals surface area contributed by atoms with Gasteiger partial charge in [0.25, 0.3) is 0 Å². The van der Waals surface area contributed by atoms with Gasteiger partial charge in [-0.15, -0.1) is 0 Å². The van der Waals surface area contributed by atoms with E-state index >= 15 is 0 Å². The first kappa shape index (κ1) is 24.7. The summed E-state index contributed by atoms with van der Waals surface area (Å²) < 4.78 is 25.7. The fourth-order valence-corrected chi connectivity index (χ4v) is 5.93. The molecule has 0 aromatic heterocycles. The van der Waals surface area contributed by atoms with Crippen molar-refractivity contribution < 1.29 is 8.78 Å². The first-order chi connectivity index (χ1) is 15.6. The zero-order chi connectivity index (χ0) is 22.6. The van der Waals surface area contributed by atoms with Crippen LogP contribution >= 0.6 is 0 Å². The van der Waals surface area contributed by atoms with Gasteiger partial charge in [0, 0.05) is 0 Å². The average Bonchev–Trinajstić information content (AvgIpc) is 2.83. The predicted octanol–water partition coefficient (Wildman–Crippen LogP) is 8.86.